The van der Waals surface area contributed by atoms with Gasteiger partial charge in [0.2, 0.25) is 0 Å². The molecule has 0 aromatic heterocycles. The van der Waals surface area contributed by atoms with E-state index in [2.05, 4.69) is 5.32 Å². The number of halogens is 5. The van der Waals surface area contributed by atoms with Gasteiger partial charge in [-0.2, -0.15) is 0 Å². The van der Waals surface area contributed by atoms with Crippen LogP contribution in [-0.2, 0) is 0 Å². The van der Waals surface area contributed by atoms with Crippen molar-refractivity contribution in [3.63, 3.8) is 0 Å². The van der Waals surface area contributed by atoms with Gasteiger partial charge in [-0.1, -0.05) is 0 Å². The summed E-state index contributed by atoms with van der Waals surface area (Å²) in [4.78, 5) is 11.7. The van der Waals surface area contributed by atoms with Crippen LogP contribution in [0.2, 0.25) is 0 Å². The summed E-state index contributed by atoms with van der Waals surface area (Å²) < 4.78 is 38.6. The Morgan fingerprint density at radius 2 is 1.67 bits per heavy atom. The fourth-order valence-electron chi connectivity index (χ4n) is 1.14. The van der Waals surface area contributed by atoms with E-state index in [0.717, 1.165) is 0 Å². The summed E-state index contributed by atoms with van der Waals surface area (Å²) in [5, 5.41) is 2.42. The molecule has 0 unspecified atom stereocenters. The molecule has 1 rings (SSSR count). The van der Waals surface area contributed by atoms with Gasteiger partial charge in [0.1, 0.15) is 0 Å². The Labute approximate surface area is 112 Å². The zero-order chi connectivity index (χ0) is 13.9. The zero-order valence-corrected chi connectivity index (χ0v) is 10.9. The van der Waals surface area contributed by atoms with Crippen molar-refractivity contribution < 1.29 is 18.0 Å². The number of benzene rings is 1. The molecule has 7 heteroatoms. The maximum atomic E-state index is 12.9. The van der Waals surface area contributed by atoms with Gasteiger partial charge >= 0.3 is 0 Å². The van der Waals surface area contributed by atoms with E-state index in [1.807, 2.05) is 0 Å². The van der Waals surface area contributed by atoms with Crippen LogP contribution in [0.1, 0.15) is 17.3 Å². The summed E-state index contributed by atoms with van der Waals surface area (Å²) in [6.07, 6.45) is 0. The molecule has 0 aliphatic heterocycles. The van der Waals surface area contributed by atoms with Crippen molar-refractivity contribution in [1.29, 1.82) is 0 Å². The van der Waals surface area contributed by atoms with Crippen molar-refractivity contribution in [3.8, 4) is 0 Å². The van der Waals surface area contributed by atoms with Gasteiger partial charge < -0.3 is 5.32 Å². The minimum Gasteiger partial charge on any atom is -0.344 e. The van der Waals surface area contributed by atoms with E-state index in [1.54, 1.807) is 6.92 Å². The van der Waals surface area contributed by atoms with Gasteiger partial charge in [-0.05, 0) is 19.1 Å². The molecule has 0 atom stereocenters. The Hall–Kier alpha value is -0.940. The number of hydrogen-bond donors (Lipinski definition) is 1. The average molecular weight is 300 g/mol. The van der Waals surface area contributed by atoms with Gasteiger partial charge in [0.15, 0.2) is 17.5 Å². The Morgan fingerprint density at radius 1 is 1.22 bits per heavy atom. The van der Waals surface area contributed by atoms with Crippen LogP contribution in [0, 0.1) is 17.5 Å². The van der Waals surface area contributed by atoms with Crippen LogP contribution >= 0.6 is 23.2 Å². The van der Waals surface area contributed by atoms with Gasteiger partial charge in [-0.15, -0.1) is 23.2 Å². The summed E-state index contributed by atoms with van der Waals surface area (Å²) in [6.45, 7) is 1.57. The number of hydrogen-bond acceptors (Lipinski definition) is 1. The van der Waals surface area contributed by atoms with Crippen molar-refractivity contribution in [3.05, 3.63) is 35.1 Å². The molecule has 0 bridgehead atoms. The zero-order valence-electron chi connectivity index (χ0n) is 9.37. The first-order valence-electron chi connectivity index (χ1n) is 4.92. The quantitative estimate of drug-likeness (QED) is 0.672. The maximum Gasteiger partial charge on any atom is 0.251 e. The van der Waals surface area contributed by atoms with E-state index < -0.39 is 28.9 Å². The minimum atomic E-state index is -1.62. The largest absolute Gasteiger partial charge is 0.344 e. The Bertz CT molecular complexity index is 441. The van der Waals surface area contributed by atoms with E-state index in [0.29, 0.717) is 12.1 Å². The second kappa shape index (κ2) is 5.80. The highest BCUT2D eigenvalue weighted by atomic mass is 35.5. The van der Waals surface area contributed by atoms with E-state index >= 15 is 0 Å². The predicted molar refractivity (Wildman–Crippen MR) is 63.6 cm³/mol. The molecule has 1 amide bonds. The summed E-state index contributed by atoms with van der Waals surface area (Å²) >= 11 is 11.2. The van der Waals surface area contributed by atoms with E-state index in [-0.39, 0.29) is 17.3 Å². The number of rotatable bonds is 4. The lowest BCUT2D eigenvalue weighted by molar-refractivity contribution is 0.0920. The molecule has 100 valence electrons. The van der Waals surface area contributed by atoms with Crippen molar-refractivity contribution >= 4 is 29.1 Å². The van der Waals surface area contributed by atoms with Crippen molar-refractivity contribution in [2.45, 2.75) is 12.5 Å². The molecule has 0 aliphatic carbocycles. The first kappa shape index (κ1) is 15.1. The Morgan fingerprint density at radius 3 is 2.06 bits per heavy atom. The van der Waals surface area contributed by atoms with Gasteiger partial charge in [0.25, 0.3) is 5.91 Å². The molecule has 0 fully saturated rings. The van der Waals surface area contributed by atoms with Crippen LogP contribution in [0.5, 0.6) is 0 Å². The molecule has 2 nitrogen and oxygen atoms in total. The van der Waals surface area contributed by atoms with Crippen LogP contribution in [-0.4, -0.2) is 23.2 Å². The Balaban J connectivity index is 2.98. The van der Waals surface area contributed by atoms with Gasteiger partial charge in [0, 0.05) is 17.3 Å². The topological polar surface area (TPSA) is 29.1 Å². The van der Waals surface area contributed by atoms with Crippen LogP contribution in [0.25, 0.3) is 0 Å². The Kier molecular flexibility index (Phi) is 4.87. The summed E-state index contributed by atoms with van der Waals surface area (Å²) in [6, 6.07) is 1.22. The molecule has 0 saturated heterocycles. The van der Waals surface area contributed by atoms with Crippen molar-refractivity contribution in [2.24, 2.45) is 0 Å². The number of amides is 1. The van der Waals surface area contributed by atoms with Crippen molar-refractivity contribution in [1.82, 2.24) is 5.32 Å². The molecule has 0 saturated carbocycles. The summed E-state index contributed by atoms with van der Waals surface area (Å²) in [7, 11) is 0. The molecule has 0 aliphatic rings. The molecule has 1 N–H and O–H groups in total. The molecular weight excluding hydrogens is 290 g/mol. The van der Waals surface area contributed by atoms with Crippen LogP contribution < -0.4 is 5.32 Å². The average Bonchev–Trinajstić information content (AvgIpc) is 2.35. The molecule has 0 heterocycles. The second-order valence-corrected chi connectivity index (χ2v) is 4.57. The molecule has 1 aromatic carbocycles. The number of carbonyl (C=O) groups is 1. The van der Waals surface area contributed by atoms with Crippen molar-refractivity contribution in [2.75, 3.05) is 11.8 Å². The third kappa shape index (κ3) is 3.29. The third-order valence-electron chi connectivity index (χ3n) is 2.25. The number of carbonyl (C=O) groups excluding carboxylic acids is 1. The summed E-state index contributed by atoms with van der Waals surface area (Å²) in [5.41, 5.74) is -1.26. The van der Waals surface area contributed by atoms with Crippen LogP contribution in [0.15, 0.2) is 12.1 Å². The third-order valence-corrected chi connectivity index (χ3v) is 3.43. The normalized spacial score (nSPS) is 11.4. The van der Waals surface area contributed by atoms with Crippen LogP contribution in [0.4, 0.5) is 13.2 Å². The smallest absolute Gasteiger partial charge is 0.251 e. The molecule has 18 heavy (non-hydrogen) atoms. The fraction of sp³-hybridized carbons (Fsp3) is 0.364. The van der Waals surface area contributed by atoms with Gasteiger partial charge in [0.05, 0.1) is 5.54 Å². The van der Waals surface area contributed by atoms with Gasteiger partial charge in [-0.3, -0.25) is 4.79 Å². The highest BCUT2D eigenvalue weighted by Crippen LogP contribution is 2.15. The minimum absolute atomic E-state index is 0.0222. The fourth-order valence-corrected chi connectivity index (χ4v) is 1.55. The monoisotopic (exact) mass is 299 g/mol. The first-order chi connectivity index (χ1) is 8.33. The van der Waals surface area contributed by atoms with Crippen LogP contribution in [0.3, 0.4) is 0 Å². The van der Waals surface area contributed by atoms with E-state index in [1.165, 1.54) is 0 Å². The van der Waals surface area contributed by atoms with E-state index in [4.69, 9.17) is 23.2 Å². The lowest BCUT2D eigenvalue weighted by Crippen LogP contribution is -2.49. The first-order valence-corrected chi connectivity index (χ1v) is 5.99. The standard InChI is InChI=1S/C11H10Cl2F3NO/c1-11(4-12,5-13)17-10(18)6-2-7(14)9(16)8(15)3-6/h2-3H,4-5H2,1H3,(H,17,18). The number of alkyl halides is 2. The number of nitrogens with one attached hydrogen (secondary N) is 1. The maximum absolute atomic E-state index is 12.9. The lowest BCUT2D eigenvalue weighted by atomic mass is 10.1. The summed E-state index contributed by atoms with van der Waals surface area (Å²) in [5.74, 6) is -5.22. The highest BCUT2D eigenvalue weighted by Gasteiger charge is 2.26. The SMILES string of the molecule is CC(CCl)(CCl)NC(=O)c1cc(F)c(F)c(F)c1. The highest BCUT2D eigenvalue weighted by molar-refractivity contribution is 6.22. The molecular formula is C11H10Cl2F3NO. The lowest BCUT2D eigenvalue weighted by Gasteiger charge is -2.25. The second-order valence-electron chi connectivity index (χ2n) is 4.04. The molecule has 0 radical (unpaired) electrons. The molecule has 1 aromatic rings. The van der Waals surface area contributed by atoms with E-state index in [9.17, 15) is 18.0 Å². The molecule has 0 spiro atoms. The predicted octanol–water partition coefficient (Wildman–Crippen LogP) is 3.07. The van der Waals surface area contributed by atoms with Gasteiger partial charge in [-0.25, -0.2) is 13.2 Å².